The average molecular weight is 302 g/mol. The standard InChI is InChI=1S/C19H30N2O/c1-22-19-8-7-16(9-12-21-13-10-20-11-14-21)15-18(19)17-5-3-2-4-6-17/h7-8,15,17,20H,2-6,9-14H2,1H3. The van der Waals surface area contributed by atoms with Crippen LogP contribution in [0.15, 0.2) is 18.2 Å². The predicted molar refractivity (Wildman–Crippen MR) is 91.8 cm³/mol. The van der Waals surface area contributed by atoms with Crippen molar-refractivity contribution in [1.82, 2.24) is 10.2 Å². The second kappa shape index (κ2) is 7.98. The van der Waals surface area contributed by atoms with Gasteiger partial charge in [-0.1, -0.05) is 31.4 Å². The van der Waals surface area contributed by atoms with Crippen molar-refractivity contribution in [3.05, 3.63) is 29.3 Å². The van der Waals surface area contributed by atoms with Crippen LogP contribution in [0.1, 0.15) is 49.1 Å². The highest BCUT2D eigenvalue weighted by Crippen LogP contribution is 2.37. The van der Waals surface area contributed by atoms with Crippen molar-refractivity contribution in [2.45, 2.75) is 44.4 Å². The zero-order valence-corrected chi connectivity index (χ0v) is 13.9. The number of hydrogen-bond donors (Lipinski definition) is 1. The molecule has 122 valence electrons. The van der Waals surface area contributed by atoms with Crippen molar-refractivity contribution in [1.29, 1.82) is 0 Å². The van der Waals surface area contributed by atoms with Gasteiger partial charge < -0.3 is 15.0 Å². The fourth-order valence-electron chi connectivity index (χ4n) is 3.89. The molecule has 1 aliphatic carbocycles. The molecule has 0 spiro atoms. The minimum Gasteiger partial charge on any atom is -0.496 e. The second-order valence-electron chi connectivity index (χ2n) is 6.75. The van der Waals surface area contributed by atoms with Gasteiger partial charge in [-0.05, 0) is 42.4 Å². The van der Waals surface area contributed by atoms with E-state index >= 15 is 0 Å². The van der Waals surface area contributed by atoms with Crippen molar-refractivity contribution in [2.24, 2.45) is 0 Å². The molecule has 1 aromatic carbocycles. The summed E-state index contributed by atoms with van der Waals surface area (Å²) < 4.78 is 5.63. The minimum absolute atomic E-state index is 0.711. The Labute approximate surface area is 135 Å². The largest absolute Gasteiger partial charge is 0.496 e. The number of methoxy groups -OCH3 is 1. The zero-order chi connectivity index (χ0) is 15.2. The molecule has 3 rings (SSSR count). The Morgan fingerprint density at radius 2 is 1.91 bits per heavy atom. The summed E-state index contributed by atoms with van der Waals surface area (Å²) in [6.07, 6.45) is 7.97. The topological polar surface area (TPSA) is 24.5 Å². The van der Waals surface area contributed by atoms with Gasteiger partial charge in [-0.25, -0.2) is 0 Å². The number of ether oxygens (including phenoxy) is 1. The van der Waals surface area contributed by atoms with Crippen LogP contribution in [0.3, 0.4) is 0 Å². The molecule has 3 heteroatoms. The summed E-state index contributed by atoms with van der Waals surface area (Å²) >= 11 is 0. The molecule has 0 radical (unpaired) electrons. The normalized spacial score (nSPS) is 21.0. The van der Waals surface area contributed by atoms with Crippen molar-refractivity contribution < 1.29 is 4.74 Å². The van der Waals surface area contributed by atoms with Crippen LogP contribution in [0.2, 0.25) is 0 Å². The van der Waals surface area contributed by atoms with Gasteiger partial charge in [0.05, 0.1) is 7.11 Å². The van der Waals surface area contributed by atoms with Crippen molar-refractivity contribution >= 4 is 0 Å². The van der Waals surface area contributed by atoms with Crippen LogP contribution in [-0.2, 0) is 6.42 Å². The van der Waals surface area contributed by atoms with E-state index in [9.17, 15) is 0 Å². The van der Waals surface area contributed by atoms with E-state index in [1.165, 1.54) is 62.9 Å². The van der Waals surface area contributed by atoms with Gasteiger partial charge in [0.1, 0.15) is 5.75 Å². The van der Waals surface area contributed by atoms with Crippen LogP contribution < -0.4 is 10.1 Å². The molecule has 0 aromatic heterocycles. The van der Waals surface area contributed by atoms with E-state index in [1.54, 1.807) is 0 Å². The highest BCUT2D eigenvalue weighted by Gasteiger charge is 2.19. The summed E-state index contributed by atoms with van der Waals surface area (Å²) in [6, 6.07) is 6.88. The lowest BCUT2D eigenvalue weighted by Crippen LogP contribution is -2.44. The van der Waals surface area contributed by atoms with E-state index in [4.69, 9.17) is 4.74 Å². The van der Waals surface area contributed by atoms with E-state index < -0.39 is 0 Å². The van der Waals surface area contributed by atoms with E-state index in [1.807, 2.05) is 7.11 Å². The summed E-state index contributed by atoms with van der Waals surface area (Å²) in [5.41, 5.74) is 2.93. The van der Waals surface area contributed by atoms with E-state index in [0.29, 0.717) is 5.92 Å². The maximum atomic E-state index is 5.63. The van der Waals surface area contributed by atoms with Gasteiger partial charge in [-0.3, -0.25) is 0 Å². The Morgan fingerprint density at radius 1 is 1.14 bits per heavy atom. The molecule has 1 heterocycles. The molecule has 1 aromatic rings. The molecule has 1 saturated heterocycles. The van der Waals surface area contributed by atoms with E-state index in [2.05, 4.69) is 28.4 Å². The van der Waals surface area contributed by atoms with Gasteiger partial charge in [-0.2, -0.15) is 0 Å². The van der Waals surface area contributed by atoms with Gasteiger partial charge in [0, 0.05) is 32.7 Å². The van der Waals surface area contributed by atoms with Crippen LogP contribution in [0.4, 0.5) is 0 Å². The van der Waals surface area contributed by atoms with Gasteiger partial charge >= 0.3 is 0 Å². The fourth-order valence-corrected chi connectivity index (χ4v) is 3.89. The minimum atomic E-state index is 0.711. The van der Waals surface area contributed by atoms with Crippen molar-refractivity contribution in [2.75, 3.05) is 39.8 Å². The third-order valence-corrected chi connectivity index (χ3v) is 5.27. The van der Waals surface area contributed by atoms with Gasteiger partial charge in [0.25, 0.3) is 0 Å². The van der Waals surface area contributed by atoms with Gasteiger partial charge in [-0.15, -0.1) is 0 Å². The summed E-state index contributed by atoms with van der Waals surface area (Å²) in [4.78, 5) is 2.57. The third kappa shape index (κ3) is 4.02. The van der Waals surface area contributed by atoms with Gasteiger partial charge in [0.15, 0.2) is 0 Å². The van der Waals surface area contributed by atoms with E-state index in [-0.39, 0.29) is 0 Å². The predicted octanol–water partition coefficient (Wildman–Crippen LogP) is 3.19. The van der Waals surface area contributed by atoms with Crippen molar-refractivity contribution in [3.8, 4) is 5.75 Å². The lowest BCUT2D eigenvalue weighted by Gasteiger charge is -2.27. The smallest absolute Gasteiger partial charge is 0.122 e. The van der Waals surface area contributed by atoms with E-state index in [0.717, 1.165) is 25.3 Å². The molecular weight excluding hydrogens is 272 g/mol. The maximum absolute atomic E-state index is 5.63. The van der Waals surface area contributed by atoms with Crippen LogP contribution in [0.5, 0.6) is 5.75 Å². The van der Waals surface area contributed by atoms with Crippen LogP contribution in [0.25, 0.3) is 0 Å². The van der Waals surface area contributed by atoms with Crippen LogP contribution >= 0.6 is 0 Å². The third-order valence-electron chi connectivity index (χ3n) is 5.27. The lowest BCUT2D eigenvalue weighted by molar-refractivity contribution is 0.244. The highest BCUT2D eigenvalue weighted by molar-refractivity contribution is 5.40. The number of benzene rings is 1. The van der Waals surface area contributed by atoms with Crippen molar-refractivity contribution in [3.63, 3.8) is 0 Å². The molecule has 3 nitrogen and oxygen atoms in total. The molecule has 2 fully saturated rings. The summed E-state index contributed by atoms with van der Waals surface area (Å²) in [7, 11) is 1.81. The second-order valence-corrected chi connectivity index (χ2v) is 6.75. The average Bonchev–Trinajstić information content (AvgIpc) is 2.61. The molecular formula is C19H30N2O. The molecule has 0 bridgehead atoms. The fraction of sp³-hybridized carbons (Fsp3) is 0.684. The number of nitrogens with one attached hydrogen (secondary N) is 1. The Bertz CT molecular complexity index is 463. The first kappa shape index (κ1) is 15.8. The summed E-state index contributed by atoms with van der Waals surface area (Å²) in [6.45, 7) is 5.82. The molecule has 0 amide bonds. The quantitative estimate of drug-likeness (QED) is 0.904. The van der Waals surface area contributed by atoms with Crippen LogP contribution in [-0.4, -0.2) is 44.7 Å². The zero-order valence-electron chi connectivity index (χ0n) is 13.9. The monoisotopic (exact) mass is 302 g/mol. The van der Waals surface area contributed by atoms with Gasteiger partial charge in [0.2, 0.25) is 0 Å². The number of rotatable bonds is 5. The number of piperazine rings is 1. The Hall–Kier alpha value is -1.06. The SMILES string of the molecule is COc1ccc(CCN2CCNCC2)cc1C1CCCCC1. The molecule has 1 aliphatic heterocycles. The Balaban J connectivity index is 1.66. The molecule has 1 saturated carbocycles. The molecule has 0 unspecified atom stereocenters. The molecule has 2 aliphatic rings. The maximum Gasteiger partial charge on any atom is 0.122 e. The Morgan fingerprint density at radius 3 is 2.64 bits per heavy atom. The Kier molecular flexibility index (Phi) is 5.74. The summed E-state index contributed by atoms with van der Waals surface area (Å²) in [5.74, 6) is 1.81. The molecule has 1 N–H and O–H groups in total. The molecule has 22 heavy (non-hydrogen) atoms. The van der Waals surface area contributed by atoms with Crippen LogP contribution in [0, 0.1) is 0 Å². The lowest BCUT2D eigenvalue weighted by atomic mass is 9.83. The first-order chi connectivity index (χ1) is 10.9. The first-order valence-corrected chi connectivity index (χ1v) is 8.96. The highest BCUT2D eigenvalue weighted by atomic mass is 16.5. The first-order valence-electron chi connectivity index (χ1n) is 8.96. The number of hydrogen-bond acceptors (Lipinski definition) is 3. The number of nitrogens with zero attached hydrogens (tertiary/aromatic N) is 1. The summed E-state index contributed by atoms with van der Waals surface area (Å²) in [5, 5.41) is 3.42. The molecule has 0 atom stereocenters.